The number of furan rings is 2. The molecule has 0 aliphatic carbocycles. The Bertz CT molecular complexity index is 7580. The lowest BCUT2D eigenvalue weighted by Crippen LogP contribution is -2.09. The van der Waals surface area contributed by atoms with Gasteiger partial charge in [0.15, 0.2) is 11.2 Å². The number of para-hydroxylation sites is 6. The van der Waals surface area contributed by atoms with Gasteiger partial charge in [-0.2, -0.15) is 0 Å². The van der Waals surface area contributed by atoms with E-state index >= 15 is 0 Å². The third-order valence-electron chi connectivity index (χ3n) is 24.1. The van der Waals surface area contributed by atoms with Crippen LogP contribution in [0.15, 0.2) is 494 Å². The minimum atomic E-state index is 0.886. The van der Waals surface area contributed by atoms with Crippen LogP contribution < -0.4 is 9.80 Å². The fourth-order valence-electron chi connectivity index (χ4n) is 17.9. The molecule has 6 nitrogen and oxygen atoms in total. The van der Waals surface area contributed by atoms with Crippen molar-refractivity contribution in [2.24, 2.45) is 0 Å². The number of fused-ring (bicyclic) bond motifs is 10. The normalized spacial score (nSPS) is 11.4. The van der Waals surface area contributed by atoms with Crippen molar-refractivity contribution in [2.75, 3.05) is 9.80 Å². The molecule has 0 saturated heterocycles. The van der Waals surface area contributed by atoms with Gasteiger partial charge in [0.1, 0.15) is 22.2 Å². The summed E-state index contributed by atoms with van der Waals surface area (Å²) in [7, 11) is 0. The topological polar surface area (TPSA) is 42.6 Å². The molecule has 0 unspecified atom stereocenters. The van der Waals surface area contributed by atoms with Crippen LogP contribution in [-0.2, 0) is 0 Å². The van der Waals surface area contributed by atoms with Crippen LogP contribution in [0.25, 0.3) is 177 Å². The van der Waals surface area contributed by atoms with Gasteiger partial charge in [0.25, 0.3) is 0 Å². The van der Waals surface area contributed by atoms with Crippen molar-refractivity contribution in [1.29, 1.82) is 0 Å². The van der Waals surface area contributed by atoms with Crippen molar-refractivity contribution in [3.05, 3.63) is 485 Å². The average molecular weight is 1590 g/mol. The maximum Gasteiger partial charge on any atom is 0.161 e. The highest BCUT2D eigenvalue weighted by Gasteiger charge is 2.25. The Hall–Kier alpha value is -16.5. The molecule has 0 aliphatic heterocycles. The first-order valence-corrected chi connectivity index (χ1v) is 42.2. The Balaban J connectivity index is 0.000000148. The molecule has 0 saturated carbocycles. The number of hydrogen-bond donors (Lipinski definition) is 0. The molecule has 0 bridgehead atoms. The summed E-state index contributed by atoms with van der Waals surface area (Å²) in [6.45, 7) is 0. The van der Waals surface area contributed by atoms with Crippen molar-refractivity contribution in [1.82, 2.24) is 9.13 Å². The SMILES string of the molecule is c1ccc(-c2ccc(-c3ccc(N(c4ccc(-c5ccc(-c6ccccc6)cc5)cc4)c4ccc(-c5cccc6c5oc5c7ccccc7n(-c7ccccc7)c65)cc4)cc3)cc2)cc1.c1ccc(-c2ccc(-c3ccc(N(c4ccc(-c5ccccc5)cc4)c4ccc(-c5cccc6c5oc5c7ccccc7n(-c7ccccc7)c65)cc4)cc3)cc2)cc1. The average Bonchev–Trinajstić information content (AvgIpc) is 1.56. The Morgan fingerprint density at radius 3 is 0.589 bits per heavy atom. The Morgan fingerprint density at radius 2 is 0.339 bits per heavy atom. The monoisotopic (exact) mass is 1580 g/mol. The minimum absolute atomic E-state index is 0.886. The van der Waals surface area contributed by atoms with E-state index in [1.54, 1.807) is 0 Å². The zero-order chi connectivity index (χ0) is 82.2. The van der Waals surface area contributed by atoms with Crippen molar-refractivity contribution in [3.8, 4) is 112 Å². The quantitative estimate of drug-likeness (QED) is 0.0911. The summed E-state index contributed by atoms with van der Waals surface area (Å²) in [5.74, 6) is 0. The molecule has 0 amide bonds. The number of benzene rings is 19. The van der Waals surface area contributed by atoms with E-state index in [0.29, 0.717) is 0 Å². The maximum absolute atomic E-state index is 6.89. The second-order valence-electron chi connectivity index (χ2n) is 31.4. The third kappa shape index (κ3) is 13.9. The first-order chi connectivity index (χ1) is 61.5. The standard InChI is InChI=1S/C62H42N2O.C56H38N2O/c1-4-13-43(14-5-1)45-23-27-47(28-24-45)49-31-37-53(38-32-49)63(54-39-33-50(34-40-54)48-29-25-46(26-30-48)44-15-6-2-7-16-44)55-41-35-51(36-42-55)56-20-12-21-58-60-62(65-61(56)58)57-19-10-11-22-59(57)64(60)52-17-8-3-9-18-52;1-4-13-39(14-5-1)41-23-25-42(26-24-41)44-29-35-48(36-30-44)57(47-33-27-43(28-34-47)40-15-6-2-7-16-40)49-37-31-45(32-38-49)50-20-12-21-52-54-56(59-55(50)52)51-19-10-11-22-53(51)58(54)46-17-8-3-9-18-46/h1-42H;1-38H. The van der Waals surface area contributed by atoms with E-state index in [9.17, 15) is 0 Å². The fourth-order valence-corrected chi connectivity index (χ4v) is 17.9. The Kier molecular flexibility index (Phi) is 19.2. The van der Waals surface area contributed by atoms with Gasteiger partial charge in [-0.05, 0) is 222 Å². The summed E-state index contributed by atoms with van der Waals surface area (Å²) in [6, 6.07) is 173. The van der Waals surface area contributed by atoms with Crippen LogP contribution in [0.1, 0.15) is 0 Å². The molecule has 4 aromatic heterocycles. The predicted octanol–water partition coefficient (Wildman–Crippen LogP) is 33.0. The van der Waals surface area contributed by atoms with Gasteiger partial charge in [-0.15, -0.1) is 0 Å². The van der Waals surface area contributed by atoms with E-state index in [2.05, 4.69) is 504 Å². The summed E-state index contributed by atoms with van der Waals surface area (Å²) in [6.07, 6.45) is 0. The zero-order valence-electron chi connectivity index (χ0n) is 67.8. The van der Waals surface area contributed by atoms with Gasteiger partial charge >= 0.3 is 0 Å². The number of aromatic nitrogens is 2. The van der Waals surface area contributed by atoms with Gasteiger partial charge in [0.2, 0.25) is 0 Å². The molecule has 0 aliphatic rings. The summed E-state index contributed by atoms with van der Waals surface area (Å²) in [4.78, 5) is 4.67. The molecule has 584 valence electrons. The van der Waals surface area contributed by atoms with Gasteiger partial charge in [-0.3, -0.25) is 0 Å². The highest BCUT2D eigenvalue weighted by molar-refractivity contribution is 6.20. The van der Waals surface area contributed by atoms with E-state index in [1.165, 1.54) is 77.9 Å². The number of nitrogens with zero attached hydrogens (tertiary/aromatic N) is 4. The molecular formula is C118H80N4O2. The molecule has 19 aromatic carbocycles. The lowest BCUT2D eigenvalue weighted by molar-refractivity contribution is 0.673. The van der Waals surface area contributed by atoms with Gasteiger partial charge in [0.05, 0.1) is 11.0 Å². The number of hydrogen-bond acceptors (Lipinski definition) is 4. The summed E-state index contributed by atoms with van der Waals surface area (Å²) in [5, 5.41) is 4.39. The summed E-state index contributed by atoms with van der Waals surface area (Å²) < 4.78 is 18.4. The number of anilines is 6. The first-order valence-electron chi connectivity index (χ1n) is 42.2. The lowest BCUT2D eigenvalue weighted by Gasteiger charge is -2.26. The number of rotatable bonds is 17. The van der Waals surface area contributed by atoms with Gasteiger partial charge in [-0.25, -0.2) is 0 Å². The van der Waals surface area contributed by atoms with Crippen LogP contribution in [-0.4, -0.2) is 9.13 Å². The van der Waals surface area contributed by atoms with E-state index in [4.69, 9.17) is 8.83 Å². The van der Waals surface area contributed by atoms with Gasteiger partial charge in [-0.1, -0.05) is 352 Å². The molecule has 0 N–H and O–H groups in total. The second-order valence-corrected chi connectivity index (χ2v) is 31.4. The molecule has 6 heteroatoms. The highest BCUT2D eigenvalue weighted by atomic mass is 16.3. The van der Waals surface area contributed by atoms with Crippen molar-refractivity contribution in [3.63, 3.8) is 0 Å². The summed E-state index contributed by atoms with van der Waals surface area (Å²) >= 11 is 0. The molecule has 124 heavy (non-hydrogen) atoms. The molecule has 23 rings (SSSR count). The summed E-state index contributed by atoms with van der Waals surface area (Å²) in [5.41, 5.74) is 37.8. The molecule has 23 aromatic rings. The van der Waals surface area contributed by atoms with Crippen LogP contribution in [0.2, 0.25) is 0 Å². The smallest absolute Gasteiger partial charge is 0.161 e. The molecule has 0 fully saturated rings. The lowest BCUT2D eigenvalue weighted by atomic mass is 9.99. The predicted molar refractivity (Wildman–Crippen MR) is 519 cm³/mol. The molecule has 0 radical (unpaired) electrons. The van der Waals surface area contributed by atoms with Crippen LogP contribution in [0, 0.1) is 0 Å². The van der Waals surface area contributed by atoms with Gasteiger partial charge < -0.3 is 27.8 Å². The molecular weight excluding hydrogens is 1510 g/mol. The molecule has 4 heterocycles. The molecule has 0 atom stereocenters. The Morgan fingerprint density at radius 1 is 0.145 bits per heavy atom. The first kappa shape index (κ1) is 73.8. The van der Waals surface area contributed by atoms with Crippen LogP contribution in [0.4, 0.5) is 34.1 Å². The largest absolute Gasteiger partial charge is 0.453 e. The molecule has 0 spiro atoms. The zero-order valence-corrected chi connectivity index (χ0v) is 67.8. The van der Waals surface area contributed by atoms with Crippen LogP contribution in [0.3, 0.4) is 0 Å². The minimum Gasteiger partial charge on any atom is -0.453 e. The van der Waals surface area contributed by atoms with Crippen LogP contribution >= 0.6 is 0 Å². The third-order valence-corrected chi connectivity index (χ3v) is 24.1. The van der Waals surface area contributed by atoms with E-state index in [0.717, 1.165) is 134 Å². The van der Waals surface area contributed by atoms with Crippen molar-refractivity contribution < 1.29 is 8.83 Å². The highest BCUT2D eigenvalue weighted by Crippen LogP contribution is 2.47. The van der Waals surface area contributed by atoms with E-state index in [-0.39, 0.29) is 0 Å². The maximum atomic E-state index is 6.89. The van der Waals surface area contributed by atoms with Crippen molar-refractivity contribution >= 4 is 100 Å². The Labute approximate surface area is 719 Å². The van der Waals surface area contributed by atoms with Crippen LogP contribution in [0.5, 0.6) is 0 Å². The fraction of sp³-hybridized carbons (Fsp3) is 0. The van der Waals surface area contributed by atoms with E-state index < -0.39 is 0 Å². The second kappa shape index (κ2) is 32.3. The van der Waals surface area contributed by atoms with E-state index in [1.807, 2.05) is 0 Å². The van der Waals surface area contributed by atoms with Gasteiger partial charge in [0, 0.05) is 78.2 Å². The van der Waals surface area contributed by atoms with Crippen molar-refractivity contribution in [2.45, 2.75) is 0 Å².